The monoisotopic (exact) mass is 573 g/mol. The Hall–Kier alpha value is -2.74. The first-order valence-electron chi connectivity index (χ1n) is 12.4. The number of hydrogen-bond acceptors (Lipinski definition) is 8. The molecule has 2 aromatic heterocycles. The van der Waals surface area contributed by atoms with E-state index in [0.717, 1.165) is 31.1 Å². The van der Waals surface area contributed by atoms with Gasteiger partial charge in [-0.25, -0.2) is 18.4 Å². The van der Waals surface area contributed by atoms with Crippen molar-refractivity contribution in [2.75, 3.05) is 23.4 Å². The molecule has 2 aliphatic heterocycles. The van der Waals surface area contributed by atoms with Crippen LogP contribution in [0.15, 0.2) is 12.3 Å². The summed E-state index contributed by atoms with van der Waals surface area (Å²) in [6.07, 6.45) is -0.757. The first-order valence-corrected chi connectivity index (χ1v) is 15.0. The molecule has 38 heavy (non-hydrogen) atoms. The molecule has 2 aliphatic rings. The van der Waals surface area contributed by atoms with Crippen molar-refractivity contribution < 1.29 is 31.2 Å². The summed E-state index contributed by atoms with van der Waals surface area (Å²) in [7, 11) is -3.09. The molecule has 2 N–H and O–H groups in total. The molecule has 0 aliphatic carbocycles. The predicted octanol–water partition coefficient (Wildman–Crippen LogP) is 3.81. The molecule has 0 radical (unpaired) electrons. The molecule has 2 saturated heterocycles. The number of hydrogen-bond donors (Lipinski definition) is 2. The van der Waals surface area contributed by atoms with E-state index in [4.69, 9.17) is 0 Å². The standard InChI is InChI=1S/C24H30F3N5O4S2/c1-13-11-18(29-15(3)24(25,26)27)28-12-17(13)20-19(23(34)32-8-4-5-14(32)2)31-22(37-20)21(33)30-16-6-9-38(35,36)10-7-16/h11-12,14-16H,4-10H2,1-3H3,(H,28,29)(H,30,33)/t14-,15-/m0/s1. The van der Waals surface area contributed by atoms with Gasteiger partial charge in [-0.05, 0) is 58.1 Å². The number of rotatable bonds is 6. The van der Waals surface area contributed by atoms with Crippen molar-refractivity contribution in [2.24, 2.45) is 0 Å². The fourth-order valence-electron chi connectivity index (χ4n) is 4.57. The molecule has 4 heterocycles. The number of halogens is 3. The second kappa shape index (κ2) is 10.8. The normalized spacial score (nSPS) is 20.8. The molecule has 0 saturated carbocycles. The Balaban J connectivity index is 1.64. The van der Waals surface area contributed by atoms with Gasteiger partial charge in [0.25, 0.3) is 11.8 Å². The van der Waals surface area contributed by atoms with E-state index in [-0.39, 0.29) is 46.0 Å². The van der Waals surface area contributed by atoms with Gasteiger partial charge in [-0.3, -0.25) is 9.59 Å². The van der Waals surface area contributed by atoms with Crippen LogP contribution in [-0.4, -0.2) is 77.5 Å². The molecule has 0 unspecified atom stereocenters. The van der Waals surface area contributed by atoms with Crippen molar-refractivity contribution in [2.45, 2.75) is 70.8 Å². The average Bonchev–Trinajstić information content (AvgIpc) is 3.46. The maximum atomic E-state index is 13.5. The quantitative estimate of drug-likeness (QED) is 0.539. The van der Waals surface area contributed by atoms with Gasteiger partial charge in [0.1, 0.15) is 27.4 Å². The first kappa shape index (κ1) is 28.3. The second-order valence-corrected chi connectivity index (χ2v) is 13.2. The van der Waals surface area contributed by atoms with E-state index >= 15 is 0 Å². The number of thiazole rings is 1. The average molecular weight is 574 g/mol. The Morgan fingerprint density at radius 2 is 1.89 bits per heavy atom. The zero-order chi connectivity index (χ0) is 27.8. The zero-order valence-electron chi connectivity index (χ0n) is 21.3. The molecular weight excluding hydrogens is 543 g/mol. The summed E-state index contributed by atoms with van der Waals surface area (Å²) in [6.45, 7) is 5.19. The lowest BCUT2D eigenvalue weighted by molar-refractivity contribution is -0.138. The molecule has 14 heteroatoms. The lowest BCUT2D eigenvalue weighted by atomic mass is 10.1. The van der Waals surface area contributed by atoms with Gasteiger partial charge in [-0.2, -0.15) is 13.2 Å². The number of alkyl halides is 3. The number of carbonyl (C=O) groups excluding carboxylic acids is 2. The van der Waals surface area contributed by atoms with E-state index < -0.39 is 28.0 Å². The molecule has 2 amide bonds. The van der Waals surface area contributed by atoms with Gasteiger partial charge in [0, 0.05) is 30.4 Å². The van der Waals surface area contributed by atoms with Crippen LogP contribution in [0.4, 0.5) is 19.0 Å². The van der Waals surface area contributed by atoms with E-state index in [1.807, 2.05) is 6.92 Å². The van der Waals surface area contributed by atoms with Crippen LogP contribution in [0, 0.1) is 6.92 Å². The van der Waals surface area contributed by atoms with Gasteiger partial charge in [0.2, 0.25) is 0 Å². The van der Waals surface area contributed by atoms with Crippen molar-refractivity contribution in [1.29, 1.82) is 0 Å². The summed E-state index contributed by atoms with van der Waals surface area (Å²) in [6, 6.07) is -0.650. The van der Waals surface area contributed by atoms with Crippen LogP contribution in [0.1, 0.15) is 65.4 Å². The summed E-state index contributed by atoms with van der Waals surface area (Å²) in [5, 5.41) is 5.21. The van der Waals surface area contributed by atoms with Gasteiger partial charge in [-0.15, -0.1) is 11.3 Å². The maximum Gasteiger partial charge on any atom is 0.408 e. The minimum absolute atomic E-state index is 0.00411. The number of aryl methyl sites for hydroxylation is 1. The van der Waals surface area contributed by atoms with Crippen LogP contribution in [0.25, 0.3) is 10.4 Å². The van der Waals surface area contributed by atoms with Crippen molar-refractivity contribution in [3.63, 3.8) is 0 Å². The number of likely N-dealkylation sites (tertiary alicyclic amines) is 1. The molecule has 2 atom stereocenters. The van der Waals surface area contributed by atoms with Gasteiger partial charge in [0.15, 0.2) is 5.01 Å². The van der Waals surface area contributed by atoms with Crippen LogP contribution < -0.4 is 10.6 Å². The van der Waals surface area contributed by atoms with Crippen LogP contribution in [0.5, 0.6) is 0 Å². The number of anilines is 1. The molecule has 208 valence electrons. The van der Waals surface area contributed by atoms with E-state index in [1.54, 1.807) is 11.8 Å². The third-order valence-corrected chi connectivity index (χ3v) is 9.74. The lowest BCUT2D eigenvalue weighted by Gasteiger charge is -2.22. The van der Waals surface area contributed by atoms with Gasteiger partial charge in [0.05, 0.1) is 16.4 Å². The third-order valence-electron chi connectivity index (χ3n) is 6.94. The highest BCUT2D eigenvalue weighted by molar-refractivity contribution is 7.91. The number of carbonyl (C=O) groups is 2. The molecule has 4 rings (SSSR count). The third kappa shape index (κ3) is 6.28. The molecule has 9 nitrogen and oxygen atoms in total. The Morgan fingerprint density at radius 3 is 2.47 bits per heavy atom. The van der Waals surface area contributed by atoms with E-state index in [1.165, 1.54) is 12.3 Å². The largest absolute Gasteiger partial charge is 0.408 e. The number of nitrogens with zero attached hydrogens (tertiary/aromatic N) is 3. The van der Waals surface area contributed by atoms with Crippen LogP contribution in [0.2, 0.25) is 0 Å². The zero-order valence-corrected chi connectivity index (χ0v) is 22.9. The predicted molar refractivity (Wildman–Crippen MR) is 138 cm³/mol. The second-order valence-electron chi connectivity index (χ2n) is 9.88. The molecule has 2 fully saturated rings. The Kier molecular flexibility index (Phi) is 8.03. The van der Waals surface area contributed by atoms with Gasteiger partial charge < -0.3 is 15.5 Å². The fourth-order valence-corrected chi connectivity index (χ4v) is 7.10. The highest BCUT2D eigenvalue weighted by atomic mass is 32.2. The van der Waals surface area contributed by atoms with Crippen LogP contribution in [-0.2, 0) is 9.84 Å². The SMILES string of the molecule is Cc1cc(N[C@@H](C)C(F)(F)F)ncc1-c1sc(C(=O)NC2CCS(=O)(=O)CC2)nc1C(=O)N1CCC[C@@H]1C. The Bertz CT molecular complexity index is 1310. The summed E-state index contributed by atoms with van der Waals surface area (Å²) < 4.78 is 62.4. The van der Waals surface area contributed by atoms with E-state index in [9.17, 15) is 31.2 Å². The number of amides is 2. The fraction of sp³-hybridized carbons (Fsp3) is 0.583. The Morgan fingerprint density at radius 1 is 1.21 bits per heavy atom. The molecular formula is C24H30F3N5O4S2. The topological polar surface area (TPSA) is 121 Å². The molecule has 0 spiro atoms. The maximum absolute atomic E-state index is 13.5. The highest BCUT2D eigenvalue weighted by Gasteiger charge is 2.36. The lowest BCUT2D eigenvalue weighted by Crippen LogP contribution is -2.40. The van der Waals surface area contributed by atoms with Crippen molar-refractivity contribution in [3.8, 4) is 10.4 Å². The molecule has 0 aromatic carbocycles. The van der Waals surface area contributed by atoms with Crippen molar-refractivity contribution >= 4 is 38.8 Å². The number of pyridine rings is 1. The minimum Gasteiger partial charge on any atom is -0.359 e. The smallest absolute Gasteiger partial charge is 0.359 e. The van der Waals surface area contributed by atoms with Gasteiger partial charge >= 0.3 is 6.18 Å². The first-order chi connectivity index (χ1) is 17.7. The number of nitrogens with one attached hydrogen (secondary N) is 2. The summed E-state index contributed by atoms with van der Waals surface area (Å²) in [4.78, 5) is 37.2. The number of aromatic nitrogens is 2. The summed E-state index contributed by atoms with van der Waals surface area (Å²) in [5.74, 6) is -0.800. The van der Waals surface area contributed by atoms with Crippen molar-refractivity contribution in [3.05, 3.63) is 28.5 Å². The van der Waals surface area contributed by atoms with Crippen LogP contribution >= 0.6 is 11.3 Å². The summed E-state index contributed by atoms with van der Waals surface area (Å²) >= 11 is 1.01. The minimum atomic E-state index is -4.44. The molecule has 0 bridgehead atoms. The highest BCUT2D eigenvalue weighted by Crippen LogP contribution is 2.35. The van der Waals surface area contributed by atoms with Crippen molar-refractivity contribution in [1.82, 2.24) is 20.2 Å². The summed E-state index contributed by atoms with van der Waals surface area (Å²) in [5.41, 5.74) is 1.15. The Labute approximate surface area is 223 Å². The van der Waals surface area contributed by atoms with E-state index in [2.05, 4.69) is 20.6 Å². The van der Waals surface area contributed by atoms with Gasteiger partial charge in [-0.1, -0.05) is 0 Å². The number of sulfone groups is 1. The molecule has 2 aromatic rings. The van der Waals surface area contributed by atoms with Crippen LogP contribution in [0.3, 0.4) is 0 Å². The van der Waals surface area contributed by atoms with E-state index in [0.29, 0.717) is 35.4 Å².